The zero-order valence-corrected chi connectivity index (χ0v) is 13.1. The van der Waals surface area contributed by atoms with Gasteiger partial charge in [0.15, 0.2) is 5.13 Å². The van der Waals surface area contributed by atoms with Crippen LogP contribution in [-0.2, 0) is 6.54 Å². The lowest BCUT2D eigenvalue weighted by Crippen LogP contribution is -2.17. The smallest absolute Gasteiger partial charge is 0.275 e. The van der Waals surface area contributed by atoms with Crippen LogP contribution in [0.5, 0.6) is 0 Å². The molecule has 0 radical (unpaired) electrons. The number of fused-ring (bicyclic) bond motifs is 1. The number of rotatable bonds is 3. The zero-order chi connectivity index (χ0) is 15.0. The minimum absolute atomic E-state index is 0.211. The zero-order valence-electron chi connectivity index (χ0n) is 11.6. The highest BCUT2D eigenvalue weighted by atomic mass is 35.5. The third kappa shape index (κ3) is 2.52. The maximum Gasteiger partial charge on any atom is 0.275 e. The van der Waals surface area contributed by atoms with Gasteiger partial charge in [0.1, 0.15) is 5.69 Å². The van der Waals surface area contributed by atoms with E-state index in [0.29, 0.717) is 22.4 Å². The topological polar surface area (TPSA) is 59.8 Å². The summed E-state index contributed by atoms with van der Waals surface area (Å²) in [7, 11) is 0. The number of nitrogens with zero attached hydrogens (tertiary/aromatic N) is 3. The van der Waals surface area contributed by atoms with Gasteiger partial charge in [-0.05, 0) is 37.6 Å². The van der Waals surface area contributed by atoms with Crippen molar-refractivity contribution >= 4 is 44.2 Å². The molecule has 0 aliphatic carbocycles. The van der Waals surface area contributed by atoms with Gasteiger partial charge in [0.2, 0.25) is 0 Å². The highest BCUT2D eigenvalue weighted by Crippen LogP contribution is 2.31. The van der Waals surface area contributed by atoms with E-state index in [1.54, 1.807) is 16.9 Å². The first-order valence-electron chi connectivity index (χ1n) is 6.49. The molecule has 21 heavy (non-hydrogen) atoms. The predicted molar refractivity (Wildman–Crippen MR) is 85.2 cm³/mol. The van der Waals surface area contributed by atoms with Crippen LogP contribution in [0, 0.1) is 6.92 Å². The van der Waals surface area contributed by atoms with Gasteiger partial charge in [-0.3, -0.25) is 14.8 Å². The van der Waals surface area contributed by atoms with Crippen molar-refractivity contribution < 1.29 is 4.79 Å². The van der Waals surface area contributed by atoms with E-state index in [9.17, 15) is 4.79 Å². The summed E-state index contributed by atoms with van der Waals surface area (Å²) in [6, 6.07) is 5.44. The molecule has 3 aromatic rings. The van der Waals surface area contributed by atoms with Crippen molar-refractivity contribution in [2.45, 2.75) is 20.4 Å². The van der Waals surface area contributed by atoms with E-state index in [2.05, 4.69) is 15.4 Å². The molecule has 3 rings (SSSR count). The summed E-state index contributed by atoms with van der Waals surface area (Å²) in [5, 5.41) is 8.14. The number of anilines is 1. The van der Waals surface area contributed by atoms with E-state index < -0.39 is 0 Å². The molecule has 108 valence electrons. The molecule has 0 saturated heterocycles. The summed E-state index contributed by atoms with van der Waals surface area (Å²) in [4.78, 5) is 16.7. The van der Waals surface area contributed by atoms with Crippen molar-refractivity contribution in [2.75, 3.05) is 5.32 Å². The van der Waals surface area contributed by atoms with Crippen LogP contribution in [0.1, 0.15) is 23.0 Å². The van der Waals surface area contributed by atoms with Crippen LogP contribution < -0.4 is 5.32 Å². The van der Waals surface area contributed by atoms with Gasteiger partial charge in [0.05, 0.1) is 10.2 Å². The molecule has 5 nitrogen and oxygen atoms in total. The lowest BCUT2D eigenvalue weighted by Gasteiger charge is -2.03. The second-order valence-electron chi connectivity index (χ2n) is 4.52. The molecule has 0 bridgehead atoms. The predicted octanol–water partition coefficient (Wildman–Crippen LogP) is 3.73. The van der Waals surface area contributed by atoms with Crippen molar-refractivity contribution in [3.63, 3.8) is 0 Å². The Kier molecular flexibility index (Phi) is 3.65. The van der Waals surface area contributed by atoms with Gasteiger partial charge in [-0.2, -0.15) is 5.10 Å². The van der Waals surface area contributed by atoms with Crippen LogP contribution in [0.4, 0.5) is 5.13 Å². The normalized spacial score (nSPS) is 11.0. The Morgan fingerprint density at radius 3 is 3.00 bits per heavy atom. The largest absolute Gasteiger partial charge is 0.296 e. The number of benzene rings is 1. The number of hydrogen-bond donors (Lipinski definition) is 1. The van der Waals surface area contributed by atoms with Crippen molar-refractivity contribution in [1.82, 2.24) is 14.8 Å². The number of nitrogens with one attached hydrogen (secondary N) is 1. The van der Waals surface area contributed by atoms with Crippen LogP contribution in [0.3, 0.4) is 0 Å². The lowest BCUT2D eigenvalue weighted by atomic mass is 10.2. The quantitative estimate of drug-likeness (QED) is 0.800. The van der Waals surface area contributed by atoms with Gasteiger partial charge in [0.25, 0.3) is 5.91 Å². The van der Waals surface area contributed by atoms with Gasteiger partial charge >= 0.3 is 0 Å². The molecule has 0 atom stereocenters. The Hall–Kier alpha value is -1.92. The molecule has 0 aliphatic heterocycles. The highest BCUT2D eigenvalue weighted by molar-refractivity contribution is 7.22. The molecule has 1 N–H and O–H groups in total. The van der Waals surface area contributed by atoms with Crippen LogP contribution in [0.15, 0.2) is 24.4 Å². The van der Waals surface area contributed by atoms with Gasteiger partial charge in [-0.1, -0.05) is 22.9 Å². The minimum atomic E-state index is -0.211. The Morgan fingerprint density at radius 2 is 2.24 bits per heavy atom. The molecule has 2 heterocycles. The second-order valence-corrected chi connectivity index (χ2v) is 5.96. The molecular weight excluding hydrogens is 308 g/mol. The lowest BCUT2D eigenvalue weighted by molar-refractivity contribution is 0.101. The van der Waals surface area contributed by atoms with Gasteiger partial charge in [-0.15, -0.1) is 0 Å². The first-order chi connectivity index (χ1) is 10.1. The number of aromatic nitrogens is 3. The van der Waals surface area contributed by atoms with E-state index in [4.69, 9.17) is 11.6 Å². The molecule has 1 amide bonds. The molecule has 0 unspecified atom stereocenters. The fourth-order valence-corrected chi connectivity index (χ4v) is 3.17. The summed E-state index contributed by atoms with van der Waals surface area (Å²) in [6.07, 6.45) is 1.61. The summed E-state index contributed by atoms with van der Waals surface area (Å²) in [5.74, 6) is -0.211. The van der Waals surface area contributed by atoms with E-state index >= 15 is 0 Å². The van der Waals surface area contributed by atoms with E-state index in [0.717, 1.165) is 15.8 Å². The van der Waals surface area contributed by atoms with Crippen molar-refractivity contribution in [3.05, 3.63) is 40.7 Å². The number of halogens is 1. The summed E-state index contributed by atoms with van der Waals surface area (Å²) >= 11 is 7.52. The highest BCUT2D eigenvalue weighted by Gasteiger charge is 2.14. The Labute approximate surface area is 130 Å². The molecule has 2 aromatic heterocycles. The molecule has 0 spiro atoms. The van der Waals surface area contributed by atoms with Crippen molar-refractivity contribution in [2.24, 2.45) is 0 Å². The number of carbonyl (C=O) groups is 1. The number of thiazole rings is 1. The SMILES string of the molecule is CCn1nccc1C(=O)Nc1nc2c(C)c(Cl)ccc2s1. The van der Waals surface area contributed by atoms with Crippen LogP contribution in [-0.4, -0.2) is 20.7 Å². The molecule has 0 fully saturated rings. The molecule has 0 saturated carbocycles. The van der Waals surface area contributed by atoms with E-state index in [-0.39, 0.29) is 5.91 Å². The third-order valence-corrected chi connectivity index (χ3v) is 4.56. The fraction of sp³-hybridized carbons (Fsp3) is 0.214. The first-order valence-corrected chi connectivity index (χ1v) is 7.68. The van der Waals surface area contributed by atoms with Gasteiger partial charge in [-0.25, -0.2) is 4.98 Å². The maximum atomic E-state index is 12.3. The van der Waals surface area contributed by atoms with Crippen molar-refractivity contribution in [3.8, 4) is 0 Å². The summed E-state index contributed by atoms with van der Waals surface area (Å²) < 4.78 is 2.64. The third-order valence-electron chi connectivity index (χ3n) is 3.22. The van der Waals surface area contributed by atoms with E-state index in [1.165, 1.54) is 11.3 Å². The Morgan fingerprint density at radius 1 is 1.43 bits per heavy atom. The van der Waals surface area contributed by atoms with Gasteiger partial charge in [0, 0.05) is 17.8 Å². The van der Waals surface area contributed by atoms with Gasteiger partial charge < -0.3 is 0 Å². The number of carbonyl (C=O) groups excluding carboxylic acids is 1. The standard InChI is InChI=1S/C14H13ClN4OS/c1-3-19-10(6-7-16-19)13(20)18-14-17-12-8(2)9(15)4-5-11(12)21-14/h4-7H,3H2,1-2H3,(H,17,18,20). The number of hydrogen-bond acceptors (Lipinski definition) is 4. The first kappa shape index (κ1) is 14.0. The monoisotopic (exact) mass is 320 g/mol. The average molecular weight is 321 g/mol. The van der Waals surface area contributed by atoms with Crippen LogP contribution in [0.2, 0.25) is 5.02 Å². The summed E-state index contributed by atoms with van der Waals surface area (Å²) in [6.45, 7) is 4.50. The minimum Gasteiger partial charge on any atom is -0.296 e. The average Bonchev–Trinajstić information content (AvgIpc) is 3.09. The summed E-state index contributed by atoms with van der Waals surface area (Å²) in [5.41, 5.74) is 2.27. The fourth-order valence-electron chi connectivity index (χ4n) is 2.09. The molecule has 0 aliphatic rings. The second kappa shape index (κ2) is 5.46. The number of amides is 1. The molecular formula is C14H13ClN4OS. The van der Waals surface area contributed by atoms with Crippen LogP contribution in [0.25, 0.3) is 10.2 Å². The number of aryl methyl sites for hydroxylation is 2. The van der Waals surface area contributed by atoms with Crippen molar-refractivity contribution in [1.29, 1.82) is 0 Å². The Bertz CT molecular complexity index is 824. The van der Waals surface area contributed by atoms with E-state index in [1.807, 2.05) is 26.0 Å². The van der Waals surface area contributed by atoms with Crippen LogP contribution >= 0.6 is 22.9 Å². The Balaban J connectivity index is 1.92. The molecule has 7 heteroatoms. The molecule has 1 aromatic carbocycles. The maximum absolute atomic E-state index is 12.3.